The third-order valence-corrected chi connectivity index (χ3v) is 6.28. The van der Waals surface area contributed by atoms with Crippen molar-refractivity contribution in [2.24, 2.45) is 0 Å². The van der Waals surface area contributed by atoms with Crippen LogP contribution in [0, 0.1) is 0 Å². The first kappa shape index (κ1) is 12.8. The average Bonchev–Trinajstić information content (AvgIpc) is 2.54. The highest BCUT2D eigenvalue weighted by Crippen LogP contribution is 2.53. The standard InChI is InChI=1S/C18H18S2/c1-19-11-3-5-13-16-8-7-15(17(13)9-11)14-6-4-12(20-2)10-18(14)16/h3-6,9-10,15-16H,7-8H2,1-2H3. The monoisotopic (exact) mass is 298 g/mol. The lowest BCUT2D eigenvalue weighted by atomic mass is 9.64. The van der Waals surface area contributed by atoms with E-state index >= 15 is 0 Å². The second-order valence-corrected chi connectivity index (χ2v) is 7.43. The second-order valence-electron chi connectivity index (χ2n) is 5.67. The van der Waals surface area contributed by atoms with Gasteiger partial charge < -0.3 is 0 Å². The summed E-state index contributed by atoms with van der Waals surface area (Å²) in [4.78, 5) is 2.80. The predicted octanol–water partition coefficient (Wildman–Crippen LogP) is 5.50. The lowest BCUT2D eigenvalue weighted by Crippen LogP contribution is -2.24. The maximum Gasteiger partial charge on any atom is 0.00960 e. The van der Waals surface area contributed by atoms with Gasteiger partial charge >= 0.3 is 0 Å². The fourth-order valence-electron chi connectivity index (χ4n) is 3.89. The number of benzene rings is 2. The van der Waals surface area contributed by atoms with E-state index in [1.165, 1.54) is 22.6 Å². The zero-order chi connectivity index (χ0) is 13.7. The van der Waals surface area contributed by atoms with Gasteiger partial charge in [-0.15, -0.1) is 23.5 Å². The van der Waals surface area contributed by atoms with Crippen molar-refractivity contribution >= 4 is 23.5 Å². The Hall–Kier alpha value is -0.860. The van der Waals surface area contributed by atoms with Crippen molar-refractivity contribution < 1.29 is 0 Å². The summed E-state index contributed by atoms with van der Waals surface area (Å²) < 4.78 is 0. The largest absolute Gasteiger partial charge is 0.130 e. The highest BCUT2D eigenvalue weighted by molar-refractivity contribution is 7.98. The molecule has 0 fully saturated rings. The van der Waals surface area contributed by atoms with Crippen LogP contribution in [0.1, 0.15) is 46.9 Å². The van der Waals surface area contributed by atoms with Crippen LogP contribution >= 0.6 is 23.5 Å². The molecule has 0 nitrogen and oxygen atoms in total. The van der Waals surface area contributed by atoms with Gasteiger partial charge in [-0.05, 0) is 71.9 Å². The maximum absolute atomic E-state index is 2.43. The third kappa shape index (κ3) is 1.78. The molecule has 2 atom stereocenters. The van der Waals surface area contributed by atoms with Gasteiger partial charge in [0, 0.05) is 21.6 Å². The molecule has 2 unspecified atom stereocenters. The van der Waals surface area contributed by atoms with E-state index in [4.69, 9.17) is 0 Å². The van der Waals surface area contributed by atoms with Crippen LogP contribution in [0.2, 0.25) is 0 Å². The molecule has 0 radical (unpaired) electrons. The van der Waals surface area contributed by atoms with E-state index in [1.807, 2.05) is 23.5 Å². The first-order valence-electron chi connectivity index (χ1n) is 7.17. The van der Waals surface area contributed by atoms with Crippen LogP contribution in [0.15, 0.2) is 46.2 Å². The summed E-state index contributed by atoms with van der Waals surface area (Å²) in [5.41, 5.74) is 6.37. The van der Waals surface area contributed by atoms with Gasteiger partial charge in [0.25, 0.3) is 0 Å². The van der Waals surface area contributed by atoms with Crippen molar-refractivity contribution in [1.29, 1.82) is 0 Å². The third-order valence-electron chi connectivity index (χ3n) is 4.83. The highest BCUT2D eigenvalue weighted by atomic mass is 32.2. The Labute approximate surface area is 129 Å². The van der Waals surface area contributed by atoms with Crippen molar-refractivity contribution in [1.82, 2.24) is 0 Å². The molecule has 0 aliphatic heterocycles. The van der Waals surface area contributed by atoms with Crippen LogP contribution < -0.4 is 0 Å². The topological polar surface area (TPSA) is 0 Å². The Bertz CT molecular complexity index is 616. The smallest absolute Gasteiger partial charge is 0.00960 e. The number of hydrogen-bond donors (Lipinski definition) is 0. The van der Waals surface area contributed by atoms with E-state index in [-0.39, 0.29) is 0 Å². The van der Waals surface area contributed by atoms with Gasteiger partial charge in [0.1, 0.15) is 0 Å². The molecule has 2 aromatic rings. The molecule has 3 aliphatic rings. The first-order chi connectivity index (χ1) is 9.81. The Morgan fingerprint density at radius 1 is 0.700 bits per heavy atom. The Morgan fingerprint density at radius 3 is 1.55 bits per heavy atom. The van der Waals surface area contributed by atoms with Crippen molar-refractivity contribution in [3.8, 4) is 0 Å². The Morgan fingerprint density at radius 2 is 1.15 bits per heavy atom. The molecule has 102 valence electrons. The van der Waals surface area contributed by atoms with E-state index in [9.17, 15) is 0 Å². The van der Waals surface area contributed by atoms with E-state index < -0.39 is 0 Å². The molecule has 2 aromatic carbocycles. The Balaban J connectivity index is 1.90. The molecule has 0 aromatic heterocycles. The minimum absolute atomic E-state index is 0.632. The van der Waals surface area contributed by atoms with Gasteiger partial charge in [-0.3, -0.25) is 0 Å². The molecule has 2 bridgehead atoms. The molecule has 3 aliphatic carbocycles. The molecular weight excluding hydrogens is 280 g/mol. The van der Waals surface area contributed by atoms with Gasteiger partial charge in [0.15, 0.2) is 0 Å². The van der Waals surface area contributed by atoms with Gasteiger partial charge in [0.2, 0.25) is 0 Å². The van der Waals surface area contributed by atoms with Crippen molar-refractivity contribution in [3.63, 3.8) is 0 Å². The fourth-order valence-corrected chi connectivity index (χ4v) is 4.79. The zero-order valence-corrected chi connectivity index (χ0v) is 13.5. The molecule has 2 heteroatoms. The van der Waals surface area contributed by atoms with Gasteiger partial charge in [-0.2, -0.15) is 0 Å². The van der Waals surface area contributed by atoms with Gasteiger partial charge in [-0.25, -0.2) is 0 Å². The van der Waals surface area contributed by atoms with Crippen LogP contribution in [-0.2, 0) is 0 Å². The molecule has 5 rings (SSSR count). The van der Waals surface area contributed by atoms with Crippen LogP contribution in [0.25, 0.3) is 0 Å². The number of fused-ring (bicyclic) bond motifs is 1. The highest BCUT2D eigenvalue weighted by Gasteiger charge is 2.37. The fraction of sp³-hybridized carbons (Fsp3) is 0.333. The molecular formula is C18H18S2. The number of hydrogen-bond acceptors (Lipinski definition) is 2. The average molecular weight is 298 g/mol. The van der Waals surface area contributed by atoms with E-state index in [0.29, 0.717) is 11.8 Å². The van der Waals surface area contributed by atoms with Gasteiger partial charge in [0.05, 0.1) is 0 Å². The van der Waals surface area contributed by atoms with Crippen molar-refractivity contribution in [3.05, 3.63) is 58.7 Å². The normalized spacial score (nSPS) is 22.5. The van der Waals surface area contributed by atoms with Gasteiger partial charge in [-0.1, -0.05) is 12.1 Å². The zero-order valence-electron chi connectivity index (χ0n) is 11.8. The summed E-state index contributed by atoms with van der Waals surface area (Å²) in [7, 11) is 0. The SMILES string of the molecule is CSc1ccc2c(c1)C1CCC2c2cc(SC)ccc21. The molecule has 20 heavy (non-hydrogen) atoms. The molecule has 0 spiro atoms. The second kappa shape index (κ2) is 4.85. The van der Waals surface area contributed by atoms with Crippen molar-refractivity contribution in [2.45, 2.75) is 34.5 Å². The van der Waals surface area contributed by atoms with Crippen molar-refractivity contribution in [2.75, 3.05) is 12.5 Å². The summed E-state index contributed by atoms with van der Waals surface area (Å²) in [6.45, 7) is 0. The van der Waals surface area contributed by atoms with E-state index in [1.54, 1.807) is 22.3 Å². The van der Waals surface area contributed by atoms with Crippen LogP contribution in [0.5, 0.6) is 0 Å². The van der Waals surface area contributed by atoms with E-state index in [0.717, 1.165) is 0 Å². The maximum atomic E-state index is 2.43. The van der Waals surface area contributed by atoms with Crippen LogP contribution in [-0.4, -0.2) is 12.5 Å². The lowest BCUT2D eigenvalue weighted by Gasteiger charge is -2.40. The quantitative estimate of drug-likeness (QED) is 0.671. The Kier molecular flexibility index (Phi) is 3.12. The number of rotatable bonds is 2. The molecule has 0 saturated heterocycles. The molecule has 0 saturated carbocycles. The molecule has 0 heterocycles. The summed E-state index contributed by atoms with van der Waals surface area (Å²) in [5, 5.41) is 0. The molecule has 0 N–H and O–H groups in total. The van der Waals surface area contributed by atoms with Crippen LogP contribution in [0.4, 0.5) is 0 Å². The number of thioether (sulfide) groups is 2. The summed E-state index contributed by atoms with van der Waals surface area (Å²) in [6, 6.07) is 14.2. The lowest BCUT2D eigenvalue weighted by molar-refractivity contribution is 0.517. The first-order valence-corrected chi connectivity index (χ1v) is 9.62. The van der Waals surface area contributed by atoms with E-state index in [2.05, 4.69) is 48.9 Å². The minimum Gasteiger partial charge on any atom is -0.130 e. The summed E-state index contributed by atoms with van der Waals surface area (Å²) in [5.74, 6) is 1.26. The predicted molar refractivity (Wildman–Crippen MR) is 89.4 cm³/mol. The summed E-state index contributed by atoms with van der Waals surface area (Å²) in [6.07, 6.45) is 6.98. The minimum atomic E-state index is 0.632. The molecule has 0 amide bonds. The summed E-state index contributed by atoms with van der Waals surface area (Å²) >= 11 is 3.71. The van der Waals surface area contributed by atoms with Crippen LogP contribution in [0.3, 0.4) is 0 Å².